The Kier molecular flexibility index (Phi) is 5.89. The van der Waals surface area contributed by atoms with Crippen LogP contribution in [-0.2, 0) is 4.79 Å². The van der Waals surface area contributed by atoms with Gasteiger partial charge in [0.2, 0.25) is 5.91 Å². The van der Waals surface area contributed by atoms with Crippen molar-refractivity contribution in [2.75, 3.05) is 25.0 Å². The summed E-state index contributed by atoms with van der Waals surface area (Å²) in [6.45, 7) is 1.27. The maximum absolute atomic E-state index is 13.3. The van der Waals surface area contributed by atoms with E-state index in [2.05, 4.69) is 15.8 Å². The summed E-state index contributed by atoms with van der Waals surface area (Å²) in [4.78, 5) is 14.3. The molecule has 9 heteroatoms. The molecule has 0 aliphatic carbocycles. The standard InChI is InChI=1S/C21H20F2N4O2S/c22-14-1-4-16(5-2-14)25-21(30)24-12-19(28)27-9-7-13(8-10-27)20-17-6-3-15(23)11-18(17)29-26-20/h1-6,11,13H,7-10,12H2,(H2,24,25,30). The number of carbonyl (C=O) groups excluding carboxylic acids is 1. The normalized spacial score (nSPS) is 14.7. The van der Waals surface area contributed by atoms with Gasteiger partial charge in [0.05, 0.1) is 12.2 Å². The summed E-state index contributed by atoms with van der Waals surface area (Å²) in [6, 6.07) is 10.2. The lowest BCUT2D eigenvalue weighted by Gasteiger charge is -2.31. The molecule has 0 unspecified atom stereocenters. The van der Waals surface area contributed by atoms with Gasteiger partial charge in [0.25, 0.3) is 0 Å². The highest BCUT2D eigenvalue weighted by molar-refractivity contribution is 7.80. The smallest absolute Gasteiger partial charge is 0.241 e. The van der Waals surface area contributed by atoms with Crippen LogP contribution in [0.25, 0.3) is 11.0 Å². The number of nitrogens with zero attached hydrogens (tertiary/aromatic N) is 2. The van der Waals surface area contributed by atoms with Gasteiger partial charge in [-0.1, -0.05) is 5.16 Å². The van der Waals surface area contributed by atoms with Gasteiger partial charge < -0.3 is 20.1 Å². The van der Waals surface area contributed by atoms with Crippen LogP contribution in [0.5, 0.6) is 0 Å². The van der Waals surface area contributed by atoms with Crippen molar-refractivity contribution < 1.29 is 18.1 Å². The zero-order valence-corrected chi connectivity index (χ0v) is 16.8. The first-order chi connectivity index (χ1) is 14.5. The number of amides is 1. The second-order valence-electron chi connectivity index (χ2n) is 7.18. The van der Waals surface area contributed by atoms with Gasteiger partial charge in [-0.05, 0) is 61.5 Å². The van der Waals surface area contributed by atoms with E-state index in [1.807, 2.05) is 0 Å². The number of benzene rings is 2. The van der Waals surface area contributed by atoms with Crippen molar-refractivity contribution in [2.24, 2.45) is 0 Å². The SMILES string of the molecule is O=C(CNC(=S)Nc1ccc(F)cc1)N1CCC(c2noc3cc(F)ccc23)CC1. The molecule has 1 saturated heterocycles. The van der Waals surface area contributed by atoms with Gasteiger partial charge >= 0.3 is 0 Å². The average Bonchev–Trinajstić information content (AvgIpc) is 3.17. The molecule has 1 aliphatic heterocycles. The van der Waals surface area contributed by atoms with Gasteiger partial charge in [-0.25, -0.2) is 8.78 Å². The van der Waals surface area contributed by atoms with Crippen LogP contribution >= 0.6 is 12.2 Å². The molecule has 2 aromatic carbocycles. The molecule has 6 nitrogen and oxygen atoms in total. The van der Waals surface area contributed by atoms with E-state index in [-0.39, 0.29) is 30.0 Å². The second kappa shape index (κ2) is 8.74. The summed E-state index contributed by atoms with van der Waals surface area (Å²) >= 11 is 5.18. The Bertz CT molecular complexity index is 1060. The number of hydrogen-bond donors (Lipinski definition) is 2. The minimum atomic E-state index is -0.357. The highest BCUT2D eigenvalue weighted by Gasteiger charge is 2.27. The molecule has 4 rings (SSSR count). The summed E-state index contributed by atoms with van der Waals surface area (Å²) in [7, 11) is 0. The Morgan fingerprint density at radius 1 is 1.13 bits per heavy atom. The molecule has 2 N–H and O–H groups in total. The van der Waals surface area contributed by atoms with Crippen molar-refractivity contribution in [1.29, 1.82) is 0 Å². The lowest BCUT2D eigenvalue weighted by atomic mass is 9.91. The molecule has 1 amide bonds. The van der Waals surface area contributed by atoms with Crippen LogP contribution in [0, 0.1) is 11.6 Å². The highest BCUT2D eigenvalue weighted by Crippen LogP contribution is 2.32. The summed E-state index contributed by atoms with van der Waals surface area (Å²) in [5.41, 5.74) is 1.90. The number of anilines is 1. The lowest BCUT2D eigenvalue weighted by Crippen LogP contribution is -2.44. The van der Waals surface area contributed by atoms with Crippen molar-refractivity contribution in [3.63, 3.8) is 0 Å². The van der Waals surface area contributed by atoms with Crippen molar-refractivity contribution in [2.45, 2.75) is 18.8 Å². The molecule has 0 saturated carbocycles. The predicted molar refractivity (Wildman–Crippen MR) is 113 cm³/mol. The molecule has 0 bridgehead atoms. The number of carbonyl (C=O) groups is 1. The summed E-state index contributed by atoms with van der Waals surface area (Å²) in [6.07, 6.45) is 1.51. The molecule has 0 radical (unpaired) electrons. The van der Waals surface area contributed by atoms with Gasteiger partial charge in [0, 0.05) is 36.1 Å². The molecular formula is C21H20F2N4O2S. The lowest BCUT2D eigenvalue weighted by molar-refractivity contribution is -0.131. The zero-order chi connectivity index (χ0) is 21.1. The minimum absolute atomic E-state index is 0.0520. The van der Waals surface area contributed by atoms with E-state index >= 15 is 0 Å². The van der Waals surface area contributed by atoms with Gasteiger partial charge in [-0.3, -0.25) is 4.79 Å². The quantitative estimate of drug-likeness (QED) is 0.614. The number of aromatic nitrogens is 1. The number of hydrogen-bond acceptors (Lipinski definition) is 4. The Hall–Kier alpha value is -3.07. The topological polar surface area (TPSA) is 70.4 Å². The third-order valence-electron chi connectivity index (χ3n) is 5.20. The van der Waals surface area contributed by atoms with E-state index in [0.29, 0.717) is 29.5 Å². The Balaban J connectivity index is 1.26. The van der Waals surface area contributed by atoms with Crippen LogP contribution in [0.4, 0.5) is 14.5 Å². The van der Waals surface area contributed by atoms with Crippen LogP contribution in [0.2, 0.25) is 0 Å². The zero-order valence-electron chi connectivity index (χ0n) is 16.0. The van der Waals surface area contributed by atoms with Gasteiger partial charge in [-0.15, -0.1) is 0 Å². The van der Waals surface area contributed by atoms with Crippen molar-refractivity contribution in [3.05, 3.63) is 59.8 Å². The van der Waals surface area contributed by atoms with E-state index in [1.165, 1.54) is 24.3 Å². The van der Waals surface area contributed by atoms with E-state index in [4.69, 9.17) is 16.7 Å². The van der Waals surface area contributed by atoms with E-state index in [9.17, 15) is 13.6 Å². The van der Waals surface area contributed by atoms with Crippen LogP contribution in [0.3, 0.4) is 0 Å². The number of rotatable bonds is 4. The van der Waals surface area contributed by atoms with Gasteiger partial charge in [0.1, 0.15) is 11.6 Å². The largest absolute Gasteiger partial charge is 0.356 e. The third kappa shape index (κ3) is 4.56. The number of piperidine rings is 1. The molecule has 2 heterocycles. The third-order valence-corrected chi connectivity index (χ3v) is 5.44. The molecular weight excluding hydrogens is 410 g/mol. The highest BCUT2D eigenvalue weighted by atomic mass is 32.1. The maximum Gasteiger partial charge on any atom is 0.241 e. The van der Waals surface area contributed by atoms with E-state index in [1.54, 1.807) is 23.1 Å². The summed E-state index contributed by atoms with van der Waals surface area (Å²) in [5, 5.41) is 11.0. The minimum Gasteiger partial charge on any atom is -0.356 e. The van der Waals surface area contributed by atoms with Crippen LogP contribution in [0.15, 0.2) is 47.0 Å². The predicted octanol–water partition coefficient (Wildman–Crippen LogP) is 3.80. The van der Waals surface area contributed by atoms with Crippen LogP contribution < -0.4 is 10.6 Å². The summed E-state index contributed by atoms with van der Waals surface area (Å²) in [5.74, 6) is -0.576. The Morgan fingerprint density at radius 2 is 1.83 bits per heavy atom. The van der Waals surface area contributed by atoms with Crippen LogP contribution in [-0.4, -0.2) is 40.7 Å². The van der Waals surface area contributed by atoms with Crippen molar-refractivity contribution in [3.8, 4) is 0 Å². The number of likely N-dealkylation sites (tertiary alicyclic amines) is 1. The molecule has 0 atom stereocenters. The van der Waals surface area contributed by atoms with Crippen molar-refractivity contribution >= 4 is 39.9 Å². The molecule has 1 fully saturated rings. The average molecular weight is 430 g/mol. The summed E-state index contributed by atoms with van der Waals surface area (Å²) < 4.78 is 31.5. The number of halogens is 2. The van der Waals surface area contributed by atoms with E-state index in [0.717, 1.165) is 23.9 Å². The monoisotopic (exact) mass is 430 g/mol. The number of nitrogens with one attached hydrogen (secondary N) is 2. The van der Waals surface area contributed by atoms with Crippen molar-refractivity contribution in [1.82, 2.24) is 15.4 Å². The Morgan fingerprint density at radius 3 is 2.57 bits per heavy atom. The number of fused-ring (bicyclic) bond motifs is 1. The number of thiocarbonyl (C=S) groups is 1. The Labute approximate surface area is 177 Å². The van der Waals surface area contributed by atoms with E-state index < -0.39 is 0 Å². The molecule has 1 aromatic heterocycles. The fourth-order valence-corrected chi connectivity index (χ4v) is 3.79. The fraction of sp³-hybridized carbons (Fsp3) is 0.286. The first-order valence-electron chi connectivity index (χ1n) is 9.62. The second-order valence-corrected chi connectivity index (χ2v) is 7.59. The molecule has 30 heavy (non-hydrogen) atoms. The molecule has 156 valence electrons. The van der Waals surface area contributed by atoms with Gasteiger partial charge in [-0.2, -0.15) is 0 Å². The van der Waals surface area contributed by atoms with Gasteiger partial charge in [0.15, 0.2) is 10.7 Å². The first-order valence-corrected chi connectivity index (χ1v) is 10.0. The molecule has 3 aromatic rings. The first kappa shape index (κ1) is 20.2. The maximum atomic E-state index is 13.3. The molecule has 1 aliphatic rings. The fourth-order valence-electron chi connectivity index (χ4n) is 3.60. The van der Waals surface area contributed by atoms with Crippen LogP contribution in [0.1, 0.15) is 24.5 Å². The molecule has 0 spiro atoms.